The van der Waals surface area contributed by atoms with Gasteiger partial charge in [0.15, 0.2) is 0 Å². The Kier molecular flexibility index (Phi) is 4.74. The normalized spacial score (nSPS) is 18.8. The maximum absolute atomic E-state index is 7.19. The zero-order chi connectivity index (χ0) is 12.2. The van der Waals surface area contributed by atoms with Gasteiger partial charge in [0.2, 0.25) is 0 Å². The van der Waals surface area contributed by atoms with Gasteiger partial charge in [-0.15, -0.1) is 0 Å². The molecular weight excluding hydrogens is 200 g/mol. The van der Waals surface area contributed by atoms with Gasteiger partial charge in [-0.3, -0.25) is 5.41 Å². The van der Waals surface area contributed by atoms with Crippen molar-refractivity contribution in [2.24, 2.45) is 5.73 Å². The van der Waals surface area contributed by atoms with Gasteiger partial charge in [0.25, 0.3) is 0 Å². The Balaban J connectivity index is 2.27. The Labute approximate surface area is 99.3 Å². The van der Waals surface area contributed by atoms with Crippen molar-refractivity contribution in [3.8, 4) is 0 Å². The molecule has 0 heterocycles. The molecular formula is C12H26N4. The van der Waals surface area contributed by atoms with Crippen molar-refractivity contribution in [1.82, 2.24) is 9.80 Å². The number of nitrogens with zero attached hydrogens (tertiary/aromatic N) is 2. The highest BCUT2D eigenvalue weighted by atomic mass is 15.2. The van der Waals surface area contributed by atoms with Crippen molar-refractivity contribution < 1.29 is 0 Å². The number of rotatable bonds is 7. The Bertz CT molecular complexity index is 233. The molecule has 0 unspecified atom stereocenters. The second-order valence-electron chi connectivity index (χ2n) is 5.34. The van der Waals surface area contributed by atoms with Crippen molar-refractivity contribution in [1.29, 1.82) is 5.41 Å². The van der Waals surface area contributed by atoms with E-state index in [4.69, 9.17) is 11.1 Å². The molecule has 0 radical (unpaired) electrons. The number of amidine groups is 1. The number of hydrogen-bond acceptors (Lipinski definition) is 3. The predicted molar refractivity (Wildman–Crippen MR) is 68.9 cm³/mol. The van der Waals surface area contributed by atoms with E-state index >= 15 is 0 Å². The molecule has 1 saturated carbocycles. The van der Waals surface area contributed by atoms with Crippen LogP contribution in [0.4, 0.5) is 0 Å². The zero-order valence-electron chi connectivity index (χ0n) is 10.9. The van der Waals surface area contributed by atoms with E-state index in [9.17, 15) is 0 Å². The SMILES string of the molecule is CN(CCCC(=N)N)CC1(N(C)C)CCC1. The summed E-state index contributed by atoms with van der Waals surface area (Å²) >= 11 is 0. The molecule has 94 valence electrons. The van der Waals surface area contributed by atoms with Crippen LogP contribution in [-0.4, -0.2) is 55.4 Å². The summed E-state index contributed by atoms with van der Waals surface area (Å²) in [6.45, 7) is 2.17. The van der Waals surface area contributed by atoms with Crippen molar-refractivity contribution in [2.45, 2.75) is 37.6 Å². The van der Waals surface area contributed by atoms with Crippen molar-refractivity contribution in [2.75, 3.05) is 34.2 Å². The molecule has 0 atom stereocenters. The largest absolute Gasteiger partial charge is 0.388 e. The minimum atomic E-state index is 0.305. The summed E-state index contributed by atoms with van der Waals surface area (Å²) in [7, 11) is 6.54. The number of nitrogens with two attached hydrogens (primary N) is 1. The van der Waals surface area contributed by atoms with Crippen LogP contribution in [0.3, 0.4) is 0 Å². The lowest BCUT2D eigenvalue weighted by molar-refractivity contribution is 0.0278. The molecule has 4 heteroatoms. The molecule has 0 saturated heterocycles. The first-order valence-corrected chi connectivity index (χ1v) is 6.15. The molecule has 16 heavy (non-hydrogen) atoms. The molecule has 1 fully saturated rings. The Morgan fingerprint density at radius 3 is 2.31 bits per heavy atom. The maximum atomic E-state index is 7.19. The van der Waals surface area contributed by atoms with Crippen molar-refractivity contribution in [3.05, 3.63) is 0 Å². The third kappa shape index (κ3) is 3.46. The summed E-state index contributed by atoms with van der Waals surface area (Å²) in [5.41, 5.74) is 5.76. The van der Waals surface area contributed by atoms with E-state index in [2.05, 4.69) is 30.9 Å². The second kappa shape index (κ2) is 5.64. The van der Waals surface area contributed by atoms with Gasteiger partial charge < -0.3 is 15.5 Å². The van der Waals surface area contributed by atoms with Gasteiger partial charge in [-0.2, -0.15) is 0 Å². The first-order valence-electron chi connectivity index (χ1n) is 6.15. The maximum Gasteiger partial charge on any atom is 0.0905 e. The standard InChI is InChI=1S/C12H26N4/c1-15(2)12(7-5-8-12)10-16(3)9-4-6-11(13)14/h4-10H2,1-3H3,(H3,13,14). The van der Waals surface area contributed by atoms with E-state index in [1.54, 1.807) is 0 Å². The highest BCUT2D eigenvalue weighted by Crippen LogP contribution is 2.36. The first-order chi connectivity index (χ1) is 7.46. The van der Waals surface area contributed by atoms with E-state index in [1.807, 2.05) is 0 Å². The van der Waals surface area contributed by atoms with Gasteiger partial charge in [0.1, 0.15) is 0 Å². The van der Waals surface area contributed by atoms with Crippen LogP contribution in [0.25, 0.3) is 0 Å². The summed E-state index contributed by atoms with van der Waals surface area (Å²) in [6, 6.07) is 0. The Morgan fingerprint density at radius 2 is 1.94 bits per heavy atom. The number of nitrogens with one attached hydrogen (secondary N) is 1. The molecule has 0 aliphatic heterocycles. The Hall–Kier alpha value is -0.610. The van der Waals surface area contributed by atoms with Crippen LogP contribution >= 0.6 is 0 Å². The highest BCUT2D eigenvalue weighted by molar-refractivity contribution is 5.76. The van der Waals surface area contributed by atoms with Crippen LogP contribution in [-0.2, 0) is 0 Å². The summed E-state index contributed by atoms with van der Waals surface area (Å²) in [6.07, 6.45) is 5.71. The molecule has 0 bridgehead atoms. The van der Waals surface area contributed by atoms with Gasteiger partial charge >= 0.3 is 0 Å². The van der Waals surface area contributed by atoms with Crippen molar-refractivity contribution in [3.63, 3.8) is 0 Å². The third-order valence-corrected chi connectivity index (χ3v) is 3.78. The van der Waals surface area contributed by atoms with Crippen LogP contribution in [0, 0.1) is 5.41 Å². The molecule has 1 rings (SSSR count). The second-order valence-corrected chi connectivity index (χ2v) is 5.34. The lowest BCUT2D eigenvalue weighted by atomic mass is 9.75. The fourth-order valence-corrected chi connectivity index (χ4v) is 2.45. The highest BCUT2D eigenvalue weighted by Gasteiger charge is 2.39. The van der Waals surface area contributed by atoms with Gasteiger partial charge in [0.05, 0.1) is 5.84 Å². The van der Waals surface area contributed by atoms with Gasteiger partial charge in [-0.1, -0.05) is 0 Å². The topological polar surface area (TPSA) is 56.4 Å². The van der Waals surface area contributed by atoms with E-state index in [1.165, 1.54) is 19.3 Å². The Morgan fingerprint density at radius 1 is 1.31 bits per heavy atom. The van der Waals surface area contributed by atoms with Gasteiger partial charge in [-0.25, -0.2) is 0 Å². The van der Waals surface area contributed by atoms with E-state index in [0.29, 0.717) is 11.4 Å². The summed E-state index contributed by atoms with van der Waals surface area (Å²) in [5, 5.41) is 7.19. The fraction of sp³-hybridized carbons (Fsp3) is 0.917. The van der Waals surface area contributed by atoms with Crippen molar-refractivity contribution >= 4 is 5.84 Å². The summed E-state index contributed by atoms with van der Waals surface area (Å²) in [5.74, 6) is 0.305. The molecule has 0 amide bonds. The predicted octanol–water partition coefficient (Wildman–Crippen LogP) is 1.12. The van der Waals surface area contributed by atoms with Crippen LogP contribution in [0.1, 0.15) is 32.1 Å². The summed E-state index contributed by atoms with van der Waals surface area (Å²) in [4.78, 5) is 4.75. The van der Waals surface area contributed by atoms with Gasteiger partial charge in [0, 0.05) is 18.5 Å². The van der Waals surface area contributed by atoms with Crippen LogP contribution in [0.15, 0.2) is 0 Å². The number of likely N-dealkylation sites (N-methyl/N-ethyl adjacent to an activating group) is 2. The van der Waals surface area contributed by atoms with E-state index in [-0.39, 0.29) is 0 Å². The quantitative estimate of drug-likeness (QED) is 0.505. The smallest absolute Gasteiger partial charge is 0.0905 e. The van der Waals surface area contributed by atoms with Crippen LogP contribution in [0.2, 0.25) is 0 Å². The summed E-state index contributed by atoms with van der Waals surface area (Å²) < 4.78 is 0. The molecule has 0 aromatic rings. The molecule has 0 aromatic carbocycles. The monoisotopic (exact) mass is 226 g/mol. The van der Waals surface area contributed by atoms with Crippen LogP contribution in [0.5, 0.6) is 0 Å². The molecule has 4 nitrogen and oxygen atoms in total. The molecule has 1 aliphatic rings. The third-order valence-electron chi connectivity index (χ3n) is 3.78. The van der Waals surface area contributed by atoms with E-state index in [0.717, 1.165) is 25.9 Å². The van der Waals surface area contributed by atoms with Crippen LogP contribution < -0.4 is 5.73 Å². The van der Waals surface area contributed by atoms with Gasteiger partial charge in [-0.05, 0) is 53.4 Å². The zero-order valence-corrected chi connectivity index (χ0v) is 10.9. The lowest BCUT2D eigenvalue weighted by Crippen LogP contribution is -2.56. The van der Waals surface area contributed by atoms with E-state index < -0.39 is 0 Å². The molecule has 1 aliphatic carbocycles. The molecule has 0 spiro atoms. The first kappa shape index (κ1) is 13.5. The minimum absolute atomic E-state index is 0.305. The molecule has 3 N–H and O–H groups in total. The average molecular weight is 226 g/mol. The molecule has 0 aromatic heterocycles. The number of hydrogen-bond donors (Lipinski definition) is 2. The average Bonchev–Trinajstić information content (AvgIpc) is 2.10. The minimum Gasteiger partial charge on any atom is -0.388 e. The fourth-order valence-electron chi connectivity index (χ4n) is 2.45. The lowest BCUT2D eigenvalue weighted by Gasteiger charge is -2.49.